The Balaban J connectivity index is 2.83. The number of pyridine rings is 1. The number of nitrogens with one attached hydrogen (secondary N) is 1. The van der Waals surface area contributed by atoms with E-state index < -0.39 is 0 Å². The first kappa shape index (κ1) is 7.92. The van der Waals surface area contributed by atoms with Gasteiger partial charge >= 0.3 is 0 Å². The fourth-order valence-electron chi connectivity index (χ4n) is 1.42. The summed E-state index contributed by atoms with van der Waals surface area (Å²) >= 11 is 0. The average Bonchev–Trinajstić information content (AvgIpc) is 2.17. The summed E-state index contributed by atoms with van der Waals surface area (Å²) in [4.78, 5) is 4.18. The van der Waals surface area contributed by atoms with Crippen LogP contribution in [0.25, 0.3) is 10.8 Å². The minimum atomic E-state index is 0.511. The van der Waals surface area contributed by atoms with E-state index in [1.165, 1.54) is 0 Å². The monoisotopic (exact) mass is 170 g/mol. The van der Waals surface area contributed by atoms with E-state index in [2.05, 4.69) is 4.98 Å². The van der Waals surface area contributed by atoms with Gasteiger partial charge in [0.25, 0.3) is 0 Å². The van der Waals surface area contributed by atoms with Crippen LogP contribution in [0.15, 0.2) is 36.5 Å². The molecule has 0 saturated carbocycles. The predicted octanol–water partition coefficient (Wildman–Crippen LogP) is 2.62. The molecule has 0 unspecified atom stereocenters. The lowest BCUT2D eigenvalue weighted by molar-refractivity contribution is 1.30. The van der Waals surface area contributed by atoms with Gasteiger partial charge in [-0.15, -0.1) is 0 Å². The van der Waals surface area contributed by atoms with Gasteiger partial charge in [-0.05, 0) is 18.4 Å². The van der Waals surface area contributed by atoms with Gasteiger partial charge < -0.3 is 5.41 Å². The molecule has 0 aliphatic carbocycles. The maximum atomic E-state index is 7.55. The largest absolute Gasteiger partial charge is 0.303 e. The van der Waals surface area contributed by atoms with Gasteiger partial charge in [0, 0.05) is 11.6 Å². The molecule has 64 valence electrons. The highest BCUT2D eigenvalue weighted by molar-refractivity contribution is 6.06. The van der Waals surface area contributed by atoms with Gasteiger partial charge in [0.05, 0.1) is 11.4 Å². The minimum Gasteiger partial charge on any atom is -0.303 e. The summed E-state index contributed by atoms with van der Waals surface area (Å²) in [5.74, 6) is 0. The van der Waals surface area contributed by atoms with Gasteiger partial charge in [-0.2, -0.15) is 0 Å². The van der Waals surface area contributed by atoms with E-state index in [0.29, 0.717) is 5.71 Å². The number of rotatable bonds is 1. The summed E-state index contributed by atoms with van der Waals surface area (Å²) in [5, 5.41) is 9.75. The van der Waals surface area contributed by atoms with Crippen molar-refractivity contribution in [3.8, 4) is 0 Å². The highest BCUT2D eigenvalue weighted by atomic mass is 14.7. The van der Waals surface area contributed by atoms with Crippen LogP contribution >= 0.6 is 0 Å². The molecule has 0 aliphatic heterocycles. The normalized spacial score (nSPS) is 10.2. The molecule has 13 heavy (non-hydrogen) atoms. The second-order valence-corrected chi connectivity index (χ2v) is 3.01. The summed E-state index contributed by atoms with van der Waals surface area (Å²) in [6, 6.07) is 9.95. The summed E-state index contributed by atoms with van der Waals surface area (Å²) in [7, 11) is 0. The second-order valence-electron chi connectivity index (χ2n) is 3.01. The number of benzene rings is 1. The van der Waals surface area contributed by atoms with Crippen LogP contribution in [-0.4, -0.2) is 10.7 Å². The van der Waals surface area contributed by atoms with E-state index in [1.54, 1.807) is 13.1 Å². The highest BCUT2D eigenvalue weighted by Gasteiger charge is 2.01. The van der Waals surface area contributed by atoms with Gasteiger partial charge in [-0.25, -0.2) is 0 Å². The van der Waals surface area contributed by atoms with Crippen molar-refractivity contribution in [3.63, 3.8) is 0 Å². The molecule has 2 aromatic rings. The average molecular weight is 170 g/mol. The van der Waals surface area contributed by atoms with E-state index in [9.17, 15) is 0 Å². The molecule has 0 saturated heterocycles. The Morgan fingerprint density at radius 2 is 2.00 bits per heavy atom. The molecule has 2 nitrogen and oxygen atoms in total. The molecule has 1 aromatic carbocycles. The third kappa shape index (κ3) is 1.31. The lowest BCUT2D eigenvalue weighted by Gasteiger charge is -2.02. The first-order valence-electron chi connectivity index (χ1n) is 4.18. The van der Waals surface area contributed by atoms with Crippen molar-refractivity contribution in [2.45, 2.75) is 6.92 Å². The van der Waals surface area contributed by atoms with Gasteiger partial charge in [-0.3, -0.25) is 4.98 Å². The van der Waals surface area contributed by atoms with Crippen LogP contribution in [0.3, 0.4) is 0 Å². The molecule has 0 atom stereocenters. The van der Waals surface area contributed by atoms with E-state index in [-0.39, 0.29) is 0 Å². The zero-order valence-electron chi connectivity index (χ0n) is 7.41. The van der Waals surface area contributed by atoms with Crippen LogP contribution in [0, 0.1) is 5.41 Å². The van der Waals surface area contributed by atoms with Crippen LogP contribution in [0.5, 0.6) is 0 Å². The van der Waals surface area contributed by atoms with E-state index in [0.717, 1.165) is 16.5 Å². The Morgan fingerprint density at radius 1 is 1.23 bits per heavy atom. The number of fused-ring (bicyclic) bond motifs is 1. The molecule has 0 aliphatic rings. The molecule has 2 heteroatoms. The van der Waals surface area contributed by atoms with Gasteiger partial charge in [0.1, 0.15) is 0 Å². The molecule has 1 aromatic heterocycles. The van der Waals surface area contributed by atoms with Crippen molar-refractivity contribution in [1.82, 2.24) is 4.98 Å². The van der Waals surface area contributed by atoms with Gasteiger partial charge in [-0.1, -0.05) is 24.3 Å². The topological polar surface area (TPSA) is 36.7 Å². The number of hydrogen-bond donors (Lipinski definition) is 1. The van der Waals surface area contributed by atoms with E-state index in [1.807, 2.05) is 30.3 Å². The van der Waals surface area contributed by atoms with Gasteiger partial charge in [0.15, 0.2) is 0 Å². The van der Waals surface area contributed by atoms with Crippen molar-refractivity contribution < 1.29 is 0 Å². The maximum absolute atomic E-state index is 7.55. The summed E-state index contributed by atoms with van der Waals surface area (Å²) in [5.41, 5.74) is 1.29. The lowest BCUT2D eigenvalue weighted by Crippen LogP contribution is -1.96. The first-order chi connectivity index (χ1) is 6.29. The van der Waals surface area contributed by atoms with Crippen molar-refractivity contribution in [2.24, 2.45) is 0 Å². The highest BCUT2D eigenvalue weighted by Crippen LogP contribution is 2.16. The Morgan fingerprint density at radius 3 is 2.77 bits per heavy atom. The summed E-state index contributed by atoms with van der Waals surface area (Å²) < 4.78 is 0. The Bertz CT molecular complexity index is 455. The fourth-order valence-corrected chi connectivity index (χ4v) is 1.42. The third-order valence-corrected chi connectivity index (χ3v) is 2.03. The lowest BCUT2D eigenvalue weighted by atomic mass is 10.1. The Hall–Kier alpha value is -1.70. The van der Waals surface area contributed by atoms with Crippen LogP contribution in [0.2, 0.25) is 0 Å². The molecule has 1 heterocycles. The van der Waals surface area contributed by atoms with Crippen molar-refractivity contribution in [3.05, 3.63) is 42.2 Å². The zero-order valence-corrected chi connectivity index (χ0v) is 7.41. The first-order valence-corrected chi connectivity index (χ1v) is 4.18. The smallest absolute Gasteiger partial charge is 0.0912 e. The number of nitrogens with zero attached hydrogens (tertiary/aromatic N) is 1. The fraction of sp³-hybridized carbons (Fsp3) is 0.0909. The number of hydrogen-bond acceptors (Lipinski definition) is 2. The molecule has 0 fully saturated rings. The number of aromatic nitrogens is 1. The molecule has 0 radical (unpaired) electrons. The molecule has 2 rings (SSSR count). The van der Waals surface area contributed by atoms with Gasteiger partial charge in [0.2, 0.25) is 0 Å². The van der Waals surface area contributed by atoms with Crippen molar-refractivity contribution in [1.29, 1.82) is 5.41 Å². The van der Waals surface area contributed by atoms with Crippen LogP contribution in [0.4, 0.5) is 0 Å². The second kappa shape index (κ2) is 2.98. The third-order valence-electron chi connectivity index (χ3n) is 2.03. The molecule has 1 N–H and O–H groups in total. The molecular weight excluding hydrogens is 160 g/mol. The summed E-state index contributed by atoms with van der Waals surface area (Å²) in [6.45, 7) is 1.76. The Kier molecular flexibility index (Phi) is 1.81. The maximum Gasteiger partial charge on any atom is 0.0912 e. The molecule has 0 bridgehead atoms. The van der Waals surface area contributed by atoms with Crippen molar-refractivity contribution in [2.75, 3.05) is 0 Å². The standard InChI is InChI=1S/C11H10N2/c1-8(12)11-10-5-3-2-4-9(10)6-7-13-11/h2-7,12H,1H3. The van der Waals surface area contributed by atoms with E-state index in [4.69, 9.17) is 5.41 Å². The van der Waals surface area contributed by atoms with Crippen molar-refractivity contribution >= 4 is 16.5 Å². The van der Waals surface area contributed by atoms with E-state index >= 15 is 0 Å². The zero-order chi connectivity index (χ0) is 9.26. The molecular formula is C11H10N2. The summed E-state index contributed by atoms with van der Waals surface area (Å²) in [6.07, 6.45) is 1.75. The van der Waals surface area contributed by atoms with Crippen LogP contribution in [0.1, 0.15) is 12.6 Å². The minimum absolute atomic E-state index is 0.511. The quantitative estimate of drug-likeness (QED) is 0.656. The predicted molar refractivity (Wildman–Crippen MR) is 54.2 cm³/mol. The molecule has 0 spiro atoms. The molecule has 0 amide bonds. The van der Waals surface area contributed by atoms with Crippen LogP contribution in [-0.2, 0) is 0 Å². The SMILES string of the molecule is CC(=N)c1nccc2ccccc12. The van der Waals surface area contributed by atoms with Crippen LogP contribution < -0.4 is 0 Å². The Labute approximate surface area is 76.7 Å².